The molecule has 3 nitrogen and oxygen atoms in total. The first kappa shape index (κ1) is 11.2. The zero-order valence-electron chi connectivity index (χ0n) is 10.3. The van der Waals surface area contributed by atoms with Crippen molar-refractivity contribution in [1.82, 2.24) is 4.57 Å². The second kappa shape index (κ2) is 4.10. The number of rotatable bonds is 1. The summed E-state index contributed by atoms with van der Waals surface area (Å²) in [5.41, 5.74) is 5.21. The molecule has 1 aliphatic heterocycles. The van der Waals surface area contributed by atoms with Crippen molar-refractivity contribution in [2.24, 2.45) is 0 Å². The van der Waals surface area contributed by atoms with E-state index >= 15 is 0 Å². The van der Waals surface area contributed by atoms with Crippen molar-refractivity contribution in [3.8, 4) is 11.3 Å². The van der Waals surface area contributed by atoms with Crippen LogP contribution in [0.5, 0.6) is 0 Å². The Morgan fingerprint density at radius 1 is 1.28 bits per heavy atom. The summed E-state index contributed by atoms with van der Waals surface area (Å²) in [4.78, 5) is 12.0. The summed E-state index contributed by atoms with van der Waals surface area (Å²) in [5, 5.41) is 9.21. The van der Waals surface area contributed by atoms with E-state index in [0.717, 1.165) is 24.2 Å². The molecule has 0 saturated carbocycles. The van der Waals surface area contributed by atoms with Gasteiger partial charge in [-0.25, -0.2) is 0 Å². The van der Waals surface area contributed by atoms with E-state index in [0.29, 0.717) is 5.56 Å². The molecule has 0 aliphatic carbocycles. The summed E-state index contributed by atoms with van der Waals surface area (Å²) in [6.07, 6.45) is 0.891. The number of benzene rings is 1. The third-order valence-electron chi connectivity index (χ3n) is 3.51. The molecular formula is C15H15NO2. The lowest BCUT2D eigenvalue weighted by molar-refractivity contribution is 0.281. The molecule has 1 aromatic carbocycles. The van der Waals surface area contributed by atoms with Crippen molar-refractivity contribution in [2.75, 3.05) is 0 Å². The Morgan fingerprint density at radius 2 is 2.11 bits per heavy atom. The van der Waals surface area contributed by atoms with E-state index in [-0.39, 0.29) is 12.2 Å². The van der Waals surface area contributed by atoms with Crippen molar-refractivity contribution in [2.45, 2.75) is 26.5 Å². The van der Waals surface area contributed by atoms with Crippen LogP contribution in [0.1, 0.15) is 16.7 Å². The summed E-state index contributed by atoms with van der Waals surface area (Å²) in [6, 6.07) is 9.73. The number of pyridine rings is 1. The lowest BCUT2D eigenvalue weighted by Gasteiger charge is -2.22. The van der Waals surface area contributed by atoms with Gasteiger partial charge in [-0.3, -0.25) is 4.79 Å². The number of aryl methyl sites for hydroxylation is 2. The van der Waals surface area contributed by atoms with Crippen LogP contribution in [0.15, 0.2) is 35.1 Å². The number of hydrogen-bond donors (Lipinski definition) is 1. The number of aliphatic hydroxyl groups excluding tert-OH is 1. The highest BCUT2D eigenvalue weighted by Gasteiger charge is 2.17. The average Bonchev–Trinajstić information content (AvgIpc) is 2.37. The van der Waals surface area contributed by atoms with Crippen molar-refractivity contribution in [3.05, 3.63) is 57.4 Å². The fraction of sp³-hybridized carbons (Fsp3) is 0.267. The first-order valence-electron chi connectivity index (χ1n) is 6.13. The fourth-order valence-corrected chi connectivity index (χ4v) is 2.61. The average molecular weight is 241 g/mol. The van der Waals surface area contributed by atoms with Crippen molar-refractivity contribution < 1.29 is 5.11 Å². The monoisotopic (exact) mass is 241 g/mol. The highest BCUT2D eigenvalue weighted by Crippen LogP contribution is 2.29. The van der Waals surface area contributed by atoms with Gasteiger partial charge >= 0.3 is 0 Å². The normalized spacial score (nSPS) is 13.0. The molecular weight excluding hydrogens is 226 g/mol. The lowest BCUT2D eigenvalue weighted by atomic mass is 9.95. The van der Waals surface area contributed by atoms with Gasteiger partial charge in [0, 0.05) is 18.2 Å². The molecule has 3 heteroatoms. The smallest absolute Gasteiger partial charge is 0.251 e. The highest BCUT2D eigenvalue weighted by atomic mass is 16.3. The molecule has 1 aliphatic rings. The predicted molar refractivity (Wildman–Crippen MR) is 70.5 cm³/mol. The molecule has 18 heavy (non-hydrogen) atoms. The van der Waals surface area contributed by atoms with Crippen molar-refractivity contribution >= 4 is 0 Å². The Bertz CT molecular complexity index is 671. The van der Waals surface area contributed by atoms with Crippen LogP contribution < -0.4 is 5.56 Å². The minimum Gasteiger partial charge on any atom is -0.392 e. The van der Waals surface area contributed by atoms with Crippen LogP contribution in [0, 0.1) is 6.92 Å². The second-order valence-corrected chi connectivity index (χ2v) is 4.81. The second-order valence-electron chi connectivity index (χ2n) is 4.81. The molecule has 1 N–H and O–H groups in total. The quantitative estimate of drug-likeness (QED) is 0.828. The van der Waals surface area contributed by atoms with Gasteiger partial charge in [-0.15, -0.1) is 0 Å². The van der Waals surface area contributed by atoms with E-state index in [4.69, 9.17) is 0 Å². The highest BCUT2D eigenvalue weighted by molar-refractivity contribution is 5.66. The third kappa shape index (κ3) is 1.68. The molecule has 0 atom stereocenters. The van der Waals surface area contributed by atoms with E-state index in [2.05, 4.69) is 25.1 Å². The molecule has 1 aromatic heterocycles. The zero-order valence-corrected chi connectivity index (χ0v) is 10.3. The van der Waals surface area contributed by atoms with E-state index in [1.807, 2.05) is 6.07 Å². The Labute approximate surface area is 105 Å². The Balaban J connectivity index is 2.28. The summed E-state index contributed by atoms with van der Waals surface area (Å²) in [6.45, 7) is 2.70. The first-order valence-corrected chi connectivity index (χ1v) is 6.13. The van der Waals surface area contributed by atoms with E-state index in [1.54, 1.807) is 4.57 Å². The van der Waals surface area contributed by atoms with Gasteiger partial charge in [0.05, 0.1) is 12.3 Å². The molecule has 0 radical (unpaired) electrons. The van der Waals surface area contributed by atoms with Crippen LogP contribution >= 0.6 is 0 Å². The maximum absolute atomic E-state index is 12.0. The Hall–Kier alpha value is -1.87. The topological polar surface area (TPSA) is 42.2 Å². The molecule has 0 unspecified atom stereocenters. The molecule has 0 fully saturated rings. The summed E-state index contributed by atoms with van der Waals surface area (Å²) >= 11 is 0. The maximum atomic E-state index is 12.0. The standard InChI is InChI=1S/C15H15NO2/c1-10-2-3-13-12(6-10)4-5-16-14(13)7-11(9-17)8-15(16)18/h2-3,6-8,17H,4-5,9H2,1H3. The van der Waals surface area contributed by atoms with Gasteiger partial charge in [0.1, 0.15) is 0 Å². The third-order valence-corrected chi connectivity index (χ3v) is 3.51. The number of hydrogen-bond acceptors (Lipinski definition) is 2. The fourth-order valence-electron chi connectivity index (χ4n) is 2.61. The van der Waals surface area contributed by atoms with Gasteiger partial charge < -0.3 is 9.67 Å². The van der Waals surface area contributed by atoms with Crippen LogP contribution in [0.4, 0.5) is 0 Å². The van der Waals surface area contributed by atoms with Gasteiger partial charge in [-0.2, -0.15) is 0 Å². The van der Waals surface area contributed by atoms with Crippen LogP contribution in [0.2, 0.25) is 0 Å². The number of fused-ring (bicyclic) bond motifs is 3. The summed E-state index contributed by atoms with van der Waals surface area (Å²) in [7, 11) is 0. The largest absolute Gasteiger partial charge is 0.392 e. The number of nitrogens with zero attached hydrogens (tertiary/aromatic N) is 1. The first-order chi connectivity index (χ1) is 8.69. The maximum Gasteiger partial charge on any atom is 0.251 e. The van der Waals surface area contributed by atoms with Gasteiger partial charge in [0.15, 0.2) is 0 Å². The molecule has 0 saturated heterocycles. The van der Waals surface area contributed by atoms with E-state index < -0.39 is 0 Å². The number of aromatic nitrogens is 1. The van der Waals surface area contributed by atoms with Gasteiger partial charge in [0.2, 0.25) is 0 Å². The SMILES string of the molecule is Cc1ccc2c(c1)CCn1c-2cc(CO)cc1=O. The van der Waals surface area contributed by atoms with Gasteiger partial charge in [0.25, 0.3) is 5.56 Å². The molecule has 3 rings (SSSR count). The summed E-state index contributed by atoms with van der Waals surface area (Å²) in [5.74, 6) is 0. The van der Waals surface area contributed by atoms with Crippen LogP contribution in [-0.2, 0) is 19.6 Å². The van der Waals surface area contributed by atoms with E-state index in [1.165, 1.54) is 17.2 Å². The van der Waals surface area contributed by atoms with Crippen LogP contribution in [0.3, 0.4) is 0 Å². The molecule has 2 heterocycles. The number of aliphatic hydroxyl groups is 1. The van der Waals surface area contributed by atoms with Crippen molar-refractivity contribution in [1.29, 1.82) is 0 Å². The van der Waals surface area contributed by atoms with Crippen molar-refractivity contribution in [3.63, 3.8) is 0 Å². The Morgan fingerprint density at radius 3 is 2.89 bits per heavy atom. The molecule has 92 valence electrons. The minimum atomic E-state index is -0.0930. The van der Waals surface area contributed by atoms with Crippen LogP contribution in [0.25, 0.3) is 11.3 Å². The van der Waals surface area contributed by atoms with E-state index in [9.17, 15) is 9.90 Å². The molecule has 0 amide bonds. The minimum absolute atomic E-state index is 0.0252. The predicted octanol–water partition coefficient (Wildman–Crippen LogP) is 1.87. The lowest BCUT2D eigenvalue weighted by Crippen LogP contribution is -2.26. The molecule has 0 bridgehead atoms. The van der Waals surface area contributed by atoms with Crippen LogP contribution in [-0.4, -0.2) is 9.67 Å². The molecule has 0 spiro atoms. The zero-order chi connectivity index (χ0) is 12.7. The Kier molecular flexibility index (Phi) is 2.56. The van der Waals surface area contributed by atoms with Gasteiger partial charge in [-0.1, -0.05) is 23.8 Å². The summed E-state index contributed by atoms with van der Waals surface area (Å²) < 4.78 is 1.79. The molecule has 2 aromatic rings. The van der Waals surface area contributed by atoms with Gasteiger partial charge in [-0.05, 0) is 30.5 Å².